The maximum absolute atomic E-state index is 13.4. The number of benzene rings is 2. The second-order valence-electron chi connectivity index (χ2n) is 8.03. The third-order valence-corrected chi connectivity index (χ3v) is 7.77. The fourth-order valence-corrected chi connectivity index (χ4v) is 5.42. The fourth-order valence-electron chi connectivity index (χ4n) is 4.02. The van der Waals surface area contributed by atoms with Crippen LogP contribution >= 0.6 is 0 Å². The molecule has 6 nitrogen and oxygen atoms in total. The predicted octanol–water partition coefficient (Wildman–Crippen LogP) is 3.79. The van der Waals surface area contributed by atoms with Crippen LogP contribution in [0.2, 0.25) is 0 Å². The highest BCUT2D eigenvalue weighted by atomic mass is 32.2. The van der Waals surface area contributed by atoms with Gasteiger partial charge in [0, 0.05) is 12.6 Å². The molecule has 1 aliphatic heterocycles. The molecule has 1 fully saturated rings. The number of nitrogens with zero attached hydrogens (tertiary/aromatic N) is 1. The molecule has 0 amide bonds. The van der Waals surface area contributed by atoms with Gasteiger partial charge in [0.1, 0.15) is 5.78 Å². The van der Waals surface area contributed by atoms with Gasteiger partial charge in [-0.1, -0.05) is 29.8 Å². The molecule has 0 atom stereocenters. The molecule has 1 aromatic heterocycles. The molecule has 2 aliphatic rings. The molecular formula is C24H21NO5S. The van der Waals surface area contributed by atoms with Crippen molar-refractivity contribution in [2.45, 2.75) is 41.5 Å². The van der Waals surface area contributed by atoms with Crippen LogP contribution in [0.25, 0.3) is 0 Å². The number of hydrogen-bond acceptors (Lipinski definition) is 6. The number of carbonyl (C=O) groups excluding carboxylic acids is 1. The molecule has 2 heterocycles. The highest BCUT2D eigenvalue weighted by molar-refractivity contribution is 7.91. The number of carbonyl (C=O) groups is 1. The Balaban J connectivity index is 1.46. The van der Waals surface area contributed by atoms with Crippen molar-refractivity contribution < 1.29 is 22.7 Å². The minimum Gasteiger partial charge on any atom is -0.454 e. The van der Waals surface area contributed by atoms with Crippen molar-refractivity contribution in [2.75, 3.05) is 6.79 Å². The third kappa shape index (κ3) is 3.39. The van der Waals surface area contributed by atoms with Crippen LogP contribution in [0.3, 0.4) is 0 Å². The molecule has 0 saturated heterocycles. The summed E-state index contributed by atoms with van der Waals surface area (Å²) in [5.41, 5.74) is 1.66. The van der Waals surface area contributed by atoms with Crippen molar-refractivity contribution >= 4 is 15.6 Å². The summed E-state index contributed by atoms with van der Waals surface area (Å²) in [6.07, 6.45) is 2.90. The number of fused-ring (bicyclic) bond motifs is 1. The van der Waals surface area contributed by atoms with E-state index < -0.39 is 15.3 Å². The minimum atomic E-state index is -3.83. The van der Waals surface area contributed by atoms with Crippen LogP contribution in [-0.2, 0) is 26.5 Å². The summed E-state index contributed by atoms with van der Waals surface area (Å²) in [6.45, 7) is 2.07. The van der Waals surface area contributed by atoms with Gasteiger partial charge >= 0.3 is 0 Å². The number of aromatic nitrogens is 1. The second kappa shape index (κ2) is 7.20. The zero-order valence-electron chi connectivity index (χ0n) is 17.0. The van der Waals surface area contributed by atoms with Crippen molar-refractivity contribution in [1.29, 1.82) is 0 Å². The van der Waals surface area contributed by atoms with E-state index in [4.69, 9.17) is 9.47 Å². The first-order chi connectivity index (χ1) is 14.9. The standard InChI is InChI=1S/C24H21NO5S/c1-16-4-7-19(8-5-16)31(27,28)23-17(3-2-12-25-23)13-22(26)24(10-11-24)18-6-9-20-21(14-18)30-15-29-20/h2-9,12,14H,10-11,13,15H2,1H3. The number of hydrogen-bond donors (Lipinski definition) is 0. The number of rotatable bonds is 6. The Hall–Kier alpha value is -3.19. The van der Waals surface area contributed by atoms with Gasteiger partial charge in [-0.15, -0.1) is 0 Å². The fraction of sp³-hybridized carbons (Fsp3) is 0.250. The smallest absolute Gasteiger partial charge is 0.231 e. The highest BCUT2D eigenvalue weighted by Crippen LogP contribution is 2.51. The molecule has 3 aromatic rings. The summed E-state index contributed by atoms with van der Waals surface area (Å²) in [7, 11) is -3.83. The lowest BCUT2D eigenvalue weighted by molar-refractivity contribution is -0.120. The van der Waals surface area contributed by atoms with Gasteiger partial charge in [0.25, 0.3) is 0 Å². The van der Waals surface area contributed by atoms with E-state index in [2.05, 4.69) is 4.98 Å². The van der Waals surface area contributed by atoms with Crippen LogP contribution in [0, 0.1) is 6.92 Å². The van der Waals surface area contributed by atoms with Crippen molar-refractivity contribution in [3.63, 3.8) is 0 Å². The lowest BCUT2D eigenvalue weighted by Crippen LogP contribution is -2.23. The van der Waals surface area contributed by atoms with Gasteiger partial charge in [0.2, 0.25) is 16.6 Å². The van der Waals surface area contributed by atoms with Gasteiger partial charge in [-0.05, 0) is 61.2 Å². The average molecular weight is 436 g/mol. The van der Waals surface area contributed by atoms with Crippen molar-refractivity contribution in [3.8, 4) is 11.5 Å². The summed E-state index contributed by atoms with van der Waals surface area (Å²) in [5.74, 6) is 1.30. The number of Topliss-reactive ketones (excluding diaryl/α,β-unsaturated/α-hetero) is 1. The van der Waals surface area contributed by atoms with E-state index in [0.717, 1.165) is 24.0 Å². The Labute approximate surface area is 180 Å². The lowest BCUT2D eigenvalue weighted by Gasteiger charge is -2.16. The van der Waals surface area contributed by atoms with Crippen LogP contribution in [0.5, 0.6) is 11.5 Å². The van der Waals surface area contributed by atoms with Crippen LogP contribution in [0.15, 0.2) is 70.7 Å². The largest absolute Gasteiger partial charge is 0.454 e. The first-order valence-electron chi connectivity index (χ1n) is 10.1. The lowest BCUT2D eigenvalue weighted by atomic mass is 9.88. The molecule has 158 valence electrons. The maximum Gasteiger partial charge on any atom is 0.231 e. The van der Waals surface area contributed by atoms with Gasteiger partial charge in [-0.3, -0.25) is 4.79 Å². The van der Waals surface area contributed by atoms with Crippen LogP contribution in [0.1, 0.15) is 29.5 Å². The van der Waals surface area contributed by atoms with E-state index in [1.807, 2.05) is 25.1 Å². The topological polar surface area (TPSA) is 82.6 Å². The van der Waals surface area contributed by atoms with E-state index in [1.54, 1.807) is 36.4 Å². The number of ketones is 1. The van der Waals surface area contributed by atoms with Crippen LogP contribution in [-0.4, -0.2) is 26.0 Å². The van der Waals surface area contributed by atoms with Crippen LogP contribution < -0.4 is 9.47 Å². The first-order valence-corrected chi connectivity index (χ1v) is 11.6. The first kappa shape index (κ1) is 19.8. The van der Waals surface area contributed by atoms with Gasteiger partial charge < -0.3 is 9.47 Å². The molecule has 1 saturated carbocycles. The van der Waals surface area contributed by atoms with E-state index in [1.165, 1.54) is 6.20 Å². The second-order valence-corrected chi connectivity index (χ2v) is 9.90. The van der Waals surface area contributed by atoms with E-state index in [9.17, 15) is 13.2 Å². The predicted molar refractivity (Wildman–Crippen MR) is 113 cm³/mol. The van der Waals surface area contributed by atoms with Crippen LogP contribution in [0.4, 0.5) is 0 Å². The molecule has 0 N–H and O–H groups in total. The Bertz CT molecular complexity index is 1280. The quantitative estimate of drug-likeness (QED) is 0.586. The SMILES string of the molecule is Cc1ccc(S(=O)(=O)c2ncccc2CC(=O)C2(c3ccc4c(c3)OCO4)CC2)cc1. The Morgan fingerprint density at radius 2 is 1.77 bits per heavy atom. The summed E-state index contributed by atoms with van der Waals surface area (Å²) in [6, 6.07) is 15.5. The van der Waals surface area contributed by atoms with Gasteiger partial charge in [0.15, 0.2) is 16.5 Å². The minimum absolute atomic E-state index is 0.00269. The summed E-state index contributed by atoms with van der Waals surface area (Å²) in [5, 5.41) is -0.0614. The zero-order valence-corrected chi connectivity index (χ0v) is 17.8. The monoisotopic (exact) mass is 435 g/mol. The average Bonchev–Trinajstić information content (AvgIpc) is 3.45. The van der Waals surface area contributed by atoms with Crippen molar-refractivity contribution in [3.05, 3.63) is 77.5 Å². The third-order valence-electron chi connectivity index (χ3n) is 6.00. The molecule has 5 rings (SSSR count). The van der Waals surface area contributed by atoms with E-state index in [-0.39, 0.29) is 28.9 Å². The van der Waals surface area contributed by atoms with Gasteiger partial charge in [-0.2, -0.15) is 0 Å². The Morgan fingerprint density at radius 3 is 2.52 bits per heavy atom. The number of pyridine rings is 1. The molecule has 31 heavy (non-hydrogen) atoms. The summed E-state index contributed by atoms with van der Waals surface area (Å²) >= 11 is 0. The van der Waals surface area contributed by atoms with E-state index >= 15 is 0 Å². The van der Waals surface area contributed by atoms with Crippen molar-refractivity contribution in [2.24, 2.45) is 0 Å². The Kier molecular flexibility index (Phi) is 4.59. The highest BCUT2D eigenvalue weighted by Gasteiger charge is 2.51. The normalized spacial score (nSPS) is 16.2. The number of sulfone groups is 1. The number of ether oxygens (including phenoxy) is 2. The zero-order chi connectivity index (χ0) is 21.6. The molecule has 0 radical (unpaired) electrons. The van der Waals surface area contributed by atoms with Crippen molar-refractivity contribution in [1.82, 2.24) is 4.98 Å². The summed E-state index contributed by atoms with van der Waals surface area (Å²) < 4.78 is 37.2. The van der Waals surface area contributed by atoms with E-state index in [0.29, 0.717) is 17.1 Å². The molecule has 0 unspecified atom stereocenters. The molecule has 0 bridgehead atoms. The molecule has 0 spiro atoms. The maximum atomic E-state index is 13.4. The Morgan fingerprint density at radius 1 is 1.03 bits per heavy atom. The van der Waals surface area contributed by atoms with Gasteiger partial charge in [0.05, 0.1) is 10.3 Å². The molecular weight excluding hydrogens is 414 g/mol. The molecule has 1 aliphatic carbocycles. The van der Waals surface area contributed by atoms with Gasteiger partial charge in [-0.25, -0.2) is 13.4 Å². The number of aryl methyl sites for hydroxylation is 1. The molecule has 7 heteroatoms. The summed E-state index contributed by atoms with van der Waals surface area (Å²) in [4.78, 5) is 17.7. The molecule has 2 aromatic carbocycles.